The summed E-state index contributed by atoms with van der Waals surface area (Å²) in [6.45, 7) is 7.37. The van der Waals surface area contributed by atoms with Crippen molar-refractivity contribution in [3.05, 3.63) is 58.7 Å². The number of aromatic nitrogens is 2. The first kappa shape index (κ1) is 22.8. The quantitative estimate of drug-likeness (QED) is 0.512. The first-order valence-electron chi connectivity index (χ1n) is 10.1. The zero-order chi connectivity index (χ0) is 22.8. The van der Waals surface area contributed by atoms with Crippen molar-refractivity contribution in [1.82, 2.24) is 15.1 Å². The number of fused-ring (bicyclic) bond motifs is 1. The molecule has 2 amide bonds. The summed E-state index contributed by atoms with van der Waals surface area (Å²) in [5, 5.41) is 20.6. The Bertz CT molecular complexity index is 1120. The molecule has 0 fully saturated rings. The van der Waals surface area contributed by atoms with Gasteiger partial charge in [-0.2, -0.15) is 5.10 Å². The van der Waals surface area contributed by atoms with Crippen molar-refractivity contribution < 1.29 is 14.7 Å². The van der Waals surface area contributed by atoms with Crippen molar-refractivity contribution in [2.45, 2.75) is 40.3 Å². The number of hydrogen-bond donors (Lipinski definition) is 3. The van der Waals surface area contributed by atoms with Crippen LogP contribution in [-0.2, 0) is 11.3 Å². The van der Waals surface area contributed by atoms with Gasteiger partial charge in [0, 0.05) is 18.0 Å². The van der Waals surface area contributed by atoms with Gasteiger partial charge < -0.3 is 15.7 Å². The highest BCUT2D eigenvalue weighted by molar-refractivity contribution is 6.34. The summed E-state index contributed by atoms with van der Waals surface area (Å²) in [7, 11) is 0. The number of rotatable bonds is 7. The molecule has 0 spiro atoms. The van der Waals surface area contributed by atoms with Crippen LogP contribution in [0.2, 0.25) is 5.02 Å². The third kappa shape index (κ3) is 4.89. The van der Waals surface area contributed by atoms with Crippen LogP contribution in [0.1, 0.15) is 49.7 Å². The SMILES string of the molecule is CC(C)n1ncc2c(NC(=O)c3cc(CNC(=O)C(C)(C)CO)ccc3Cl)cccc21. The summed E-state index contributed by atoms with van der Waals surface area (Å²) >= 11 is 6.28. The predicted octanol–water partition coefficient (Wildman–Crippen LogP) is 4.16. The highest BCUT2D eigenvalue weighted by Gasteiger charge is 2.26. The molecule has 0 saturated carbocycles. The van der Waals surface area contributed by atoms with E-state index in [1.54, 1.807) is 38.2 Å². The van der Waals surface area contributed by atoms with Gasteiger partial charge in [-0.1, -0.05) is 23.7 Å². The Labute approximate surface area is 186 Å². The summed E-state index contributed by atoms with van der Waals surface area (Å²) in [6, 6.07) is 10.9. The van der Waals surface area contributed by atoms with Crippen LogP contribution in [0, 0.1) is 5.41 Å². The normalized spacial score (nSPS) is 11.7. The Morgan fingerprint density at radius 3 is 2.65 bits per heavy atom. The second-order valence-electron chi connectivity index (χ2n) is 8.41. The molecule has 164 valence electrons. The summed E-state index contributed by atoms with van der Waals surface area (Å²) in [6.07, 6.45) is 1.74. The first-order valence-corrected chi connectivity index (χ1v) is 10.5. The van der Waals surface area contributed by atoms with E-state index in [1.165, 1.54) is 0 Å². The minimum absolute atomic E-state index is 0.195. The molecular formula is C23H27ClN4O3. The van der Waals surface area contributed by atoms with E-state index in [-0.39, 0.29) is 31.0 Å². The fourth-order valence-corrected chi connectivity index (χ4v) is 3.33. The molecule has 7 nitrogen and oxygen atoms in total. The number of aliphatic hydroxyl groups is 1. The number of carbonyl (C=O) groups is 2. The molecule has 8 heteroatoms. The van der Waals surface area contributed by atoms with Crippen molar-refractivity contribution in [2.75, 3.05) is 11.9 Å². The molecule has 1 aromatic heterocycles. The molecule has 0 atom stereocenters. The summed E-state index contributed by atoms with van der Waals surface area (Å²) in [5.74, 6) is -0.622. The van der Waals surface area contributed by atoms with Crippen LogP contribution in [0.5, 0.6) is 0 Å². The van der Waals surface area contributed by atoms with E-state index in [0.717, 1.165) is 16.5 Å². The van der Waals surface area contributed by atoms with Gasteiger partial charge in [-0.15, -0.1) is 0 Å². The second kappa shape index (κ2) is 9.08. The van der Waals surface area contributed by atoms with E-state index in [1.807, 2.05) is 36.7 Å². The van der Waals surface area contributed by atoms with Crippen molar-refractivity contribution in [3.63, 3.8) is 0 Å². The van der Waals surface area contributed by atoms with E-state index in [0.29, 0.717) is 16.3 Å². The number of benzene rings is 2. The van der Waals surface area contributed by atoms with Gasteiger partial charge in [0.05, 0.1) is 40.0 Å². The Balaban J connectivity index is 1.80. The number of halogens is 1. The molecule has 0 radical (unpaired) electrons. The van der Waals surface area contributed by atoms with Gasteiger partial charge in [-0.05, 0) is 57.5 Å². The van der Waals surface area contributed by atoms with Gasteiger partial charge in [0.15, 0.2) is 0 Å². The lowest BCUT2D eigenvalue weighted by Gasteiger charge is -2.20. The lowest BCUT2D eigenvalue weighted by Crippen LogP contribution is -2.38. The number of aliphatic hydroxyl groups excluding tert-OH is 1. The molecule has 3 N–H and O–H groups in total. The van der Waals surface area contributed by atoms with Gasteiger partial charge in [-0.25, -0.2) is 0 Å². The maximum Gasteiger partial charge on any atom is 0.257 e. The van der Waals surface area contributed by atoms with Crippen molar-refractivity contribution in [2.24, 2.45) is 5.41 Å². The molecule has 0 aliphatic heterocycles. The van der Waals surface area contributed by atoms with Gasteiger partial charge in [-0.3, -0.25) is 14.3 Å². The van der Waals surface area contributed by atoms with Crippen LogP contribution in [-0.4, -0.2) is 33.3 Å². The number of nitrogens with one attached hydrogen (secondary N) is 2. The Hall–Kier alpha value is -2.90. The number of hydrogen-bond acceptors (Lipinski definition) is 4. The van der Waals surface area contributed by atoms with Gasteiger partial charge in [0.25, 0.3) is 5.91 Å². The van der Waals surface area contributed by atoms with Crippen molar-refractivity contribution in [3.8, 4) is 0 Å². The highest BCUT2D eigenvalue weighted by Crippen LogP contribution is 2.27. The molecular weight excluding hydrogens is 416 g/mol. The van der Waals surface area contributed by atoms with Crippen molar-refractivity contribution in [1.29, 1.82) is 0 Å². The molecule has 31 heavy (non-hydrogen) atoms. The van der Waals surface area contributed by atoms with E-state index >= 15 is 0 Å². The molecule has 0 saturated heterocycles. The van der Waals surface area contributed by atoms with Gasteiger partial charge in [0.2, 0.25) is 5.91 Å². The molecule has 0 unspecified atom stereocenters. The number of amides is 2. The van der Waals surface area contributed by atoms with E-state index < -0.39 is 5.41 Å². The third-order valence-electron chi connectivity index (χ3n) is 5.12. The fraction of sp³-hybridized carbons (Fsp3) is 0.348. The van der Waals surface area contributed by atoms with E-state index in [2.05, 4.69) is 15.7 Å². The van der Waals surface area contributed by atoms with E-state index in [4.69, 9.17) is 11.6 Å². The number of carbonyl (C=O) groups excluding carboxylic acids is 2. The van der Waals surface area contributed by atoms with Gasteiger partial charge in [0.1, 0.15) is 0 Å². The largest absolute Gasteiger partial charge is 0.395 e. The van der Waals surface area contributed by atoms with Crippen LogP contribution >= 0.6 is 11.6 Å². The third-order valence-corrected chi connectivity index (χ3v) is 5.45. The average Bonchev–Trinajstić information content (AvgIpc) is 3.18. The molecule has 2 aromatic carbocycles. The zero-order valence-corrected chi connectivity index (χ0v) is 18.8. The topological polar surface area (TPSA) is 96.3 Å². The van der Waals surface area contributed by atoms with Crippen LogP contribution < -0.4 is 10.6 Å². The molecule has 3 rings (SSSR count). The maximum atomic E-state index is 13.0. The molecule has 0 aliphatic rings. The van der Waals surface area contributed by atoms with Crippen LogP contribution in [0.3, 0.4) is 0 Å². The minimum atomic E-state index is -0.883. The zero-order valence-electron chi connectivity index (χ0n) is 18.1. The lowest BCUT2D eigenvalue weighted by atomic mass is 9.93. The minimum Gasteiger partial charge on any atom is -0.395 e. The summed E-state index contributed by atoms with van der Waals surface area (Å²) in [4.78, 5) is 25.2. The lowest BCUT2D eigenvalue weighted by molar-refractivity contribution is -0.131. The Kier molecular flexibility index (Phi) is 6.67. The molecule has 0 bridgehead atoms. The standard InChI is InChI=1S/C23H27ClN4O3/c1-14(2)28-20-7-5-6-19(17(20)12-26-28)27-21(30)16-10-15(8-9-18(16)24)11-25-22(31)23(3,4)13-29/h5-10,12,14,29H,11,13H2,1-4H3,(H,25,31)(H,27,30). The summed E-state index contributed by atoms with van der Waals surface area (Å²) < 4.78 is 1.90. The van der Waals surface area contributed by atoms with Crippen LogP contribution in [0.15, 0.2) is 42.6 Å². The summed E-state index contributed by atoms with van der Waals surface area (Å²) in [5.41, 5.74) is 1.73. The predicted molar refractivity (Wildman–Crippen MR) is 122 cm³/mol. The van der Waals surface area contributed by atoms with Crippen molar-refractivity contribution >= 4 is 40.0 Å². The Morgan fingerprint density at radius 2 is 1.97 bits per heavy atom. The number of nitrogens with zero attached hydrogens (tertiary/aromatic N) is 2. The van der Waals surface area contributed by atoms with Crippen LogP contribution in [0.25, 0.3) is 10.9 Å². The Morgan fingerprint density at radius 1 is 1.23 bits per heavy atom. The maximum absolute atomic E-state index is 13.0. The molecule has 3 aromatic rings. The van der Waals surface area contributed by atoms with E-state index in [9.17, 15) is 14.7 Å². The second-order valence-corrected chi connectivity index (χ2v) is 8.82. The monoisotopic (exact) mass is 442 g/mol. The smallest absolute Gasteiger partial charge is 0.257 e. The first-order chi connectivity index (χ1) is 14.6. The molecule has 1 heterocycles. The molecule has 0 aliphatic carbocycles. The van der Waals surface area contributed by atoms with Crippen LogP contribution in [0.4, 0.5) is 5.69 Å². The average molecular weight is 443 g/mol. The number of anilines is 1. The highest BCUT2D eigenvalue weighted by atomic mass is 35.5. The van der Waals surface area contributed by atoms with Gasteiger partial charge >= 0.3 is 0 Å². The fourth-order valence-electron chi connectivity index (χ4n) is 3.13.